The number of hydrogen-bond donors (Lipinski definition) is 0. The van der Waals surface area contributed by atoms with Crippen molar-refractivity contribution >= 4 is 15.7 Å². The Labute approximate surface area is 113 Å². The molecule has 2 rings (SSSR count). The van der Waals surface area contributed by atoms with E-state index in [-0.39, 0.29) is 11.5 Å². The van der Waals surface area contributed by atoms with E-state index in [1.807, 2.05) is 6.07 Å². The van der Waals surface area contributed by atoms with Gasteiger partial charge in [0.15, 0.2) is 0 Å². The molecule has 0 radical (unpaired) electrons. The molecule has 0 aromatic heterocycles. The third-order valence-corrected chi connectivity index (χ3v) is 4.09. The fraction of sp³-hybridized carbons (Fsp3) is 0.143. The molecule has 0 saturated carbocycles. The Morgan fingerprint density at radius 1 is 0.947 bits per heavy atom. The highest BCUT2D eigenvalue weighted by atomic mass is 32.2. The predicted octanol–water partition coefficient (Wildman–Crippen LogP) is 2.83. The molecule has 0 saturated heterocycles. The van der Waals surface area contributed by atoms with E-state index in [1.165, 1.54) is 0 Å². The van der Waals surface area contributed by atoms with E-state index in [1.54, 1.807) is 61.5 Å². The van der Waals surface area contributed by atoms with Crippen molar-refractivity contribution < 1.29 is 13.3 Å². The van der Waals surface area contributed by atoms with Crippen molar-refractivity contribution in [3.05, 3.63) is 60.7 Å². The van der Waals surface area contributed by atoms with Crippen LogP contribution in [0, 0.1) is 0 Å². The minimum atomic E-state index is -3.71. The Morgan fingerprint density at radius 3 is 2.00 bits per heavy atom. The Hall–Kier alpha value is -1.85. The highest BCUT2D eigenvalue weighted by Gasteiger charge is 2.25. The third-order valence-electron chi connectivity index (χ3n) is 2.47. The summed E-state index contributed by atoms with van der Waals surface area (Å²) in [5, 5.41) is 0. The Morgan fingerprint density at radius 2 is 1.47 bits per heavy atom. The van der Waals surface area contributed by atoms with Gasteiger partial charge in [-0.15, -0.1) is 4.47 Å². The lowest BCUT2D eigenvalue weighted by atomic mass is 10.3. The molecule has 5 heteroatoms. The summed E-state index contributed by atoms with van der Waals surface area (Å²) in [5.74, 6) is 0. The van der Waals surface area contributed by atoms with Gasteiger partial charge >= 0.3 is 0 Å². The summed E-state index contributed by atoms with van der Waals surface area (Å²) in [7, 11) is -3.71. The summed E-state index contributed by atoms with van der Waals surface area (Å²) in [6.07, 6.45) is 0. The number of anilines is 1. The molecule has 100 valence electrons. The van der Waals surface area contributed by atoms with Crippen LogP contribution in [0.15, 0.2) is 65.6 Å². The Bertz CT molecular complexity index is 612. The Balaban J connectivity index is 2.45. The van der Waals surface area contributed by atoms with Gasteiger partial charge in [0.2, 0.25) is 0 Å². The molecule has 2 aromatic carbocycles. The van der Waals surface area contributed by atoms with Crippen molar-refractivity contribution in [1.82, 2.24) is 0 Å². The SMILES string of the molecule is CCON(c1ccccc1)S(=O)(=O)c1ccccc1. The minimum absolute atomic E-state index is 0.201. The number of hydrogen-bond acceptors (Lipinski definition) is 3. The second kappa shape index (κ2) is 5.86. The van der Waals surface area contributed by atoms with Crippen molar-refractivity contribution in [3.63, 3.8) is 0 Å². The van der Waals surface area contributed by atoms with Crippen LogP contribution in [-0.4, -0.2) is 15.0 Å². The number of sulfonamides is 1. The van der Waals surface area contributed by atoms with E-state index in [2.05, 4.69) is 0 Å². The first-order chi connectivity index (χ1) is 9.16. The van der Waals surface area contributed by atoms with Crippen LogP contribution in [0.3, 0.4) is 0 Å². The number of rotatable bonds is 5. The fourth-order valence-corrected chi connectivity index (χ4v) is 2.97. The maximum atomic E-state index is 12.5. The van der Waals surface area contributed by atoms with Gasteiger partial charge in [0.1, 0.15) is 0 Å². The maximum Gasteiger partial charge on any atom is 0.286 e. The van der Waals surface area contributed by atoms with Crippen molar-refractivity contribution in [3.8, 4) is 0 Å². The molecule has 0 aliphatic heterocycles. The summed E-state index contributed by atoms with van der Waals surface area (Å²) >= 11 is 0. The molecule has 0 unspecified atom stereocenters. The maximum absolute atomic E-state index is 12.5. The predicted molar refractivity (Wildman–Crippen MR) is 74.2 cm³/mol. The summed E-state index contributed by atoms with van der Waals surface area (Å²) in [6, 6.07) is 17.0. The Kier molecular flexibility index (Phi) is 4.19. The van der Waals surface area contributed by atoms with Gasteiger partial charge in [-0.1, -0.05) is 36.4 Å². The molecule has 0 fully saturated rings. The average molecular weight is 277 g/mol. The summed E-state index contributed by atoms with van der Waals surface area (Å²) in [5.41, 5.74) is 0.480. The molecule has 4 nitrogen and oxygen atoms in total. The fourth-order valence-electron chi connectivity index (χ4n) is 1.64. The molecule has 0 amide bonds. The van der Waals surface area contributed by atoms with Gasteiger partial charge in [-0.25, -0.2) is 0 Å². The molecule has 0 heterocycles. The van der Waals surface area contributed by atoms with Crippen LogP contribution in [0.5, 0.6) is 0 Å². The second-order valence-corrected chi connectivity index (χ2v) is 5.55. The first kappa shape index (κ1) is 13.6. The summed E-state index contributed by atoms with van der Waals surface area (Å²) in [4.78, 5) is 5.49. The third kappa shape index (κ3) is 2.94. The molecule has 0 aliphatic carbocycles. The van der Waals surface area contributed by atoms with Crippen LogP contribution in [0.4, 0.5) is 5.69 Å². The normalized spacial score (nSPS) is 11.2. The van der Waals surface area contributed by atoms with Crippen molar-refractivity contribution in [2.75, 3.05) is 11.1 Å². The smallest absolute Gasteiger partial charge is 0.259 e. The van der Waals surface area contributed by atoms with E-state index in [0.717, 1.165) is 4.47 Å². The standard InChI is InChI=1S/C14H15NO3S/c1-2-18-15(13-9-5-3-6-10-13)19(16,17)14-11-7-4-8-12-14/h3-12H,2H2,1H3. The number of nitrogens with zero attached hydrogens (tertiary/aromatic N) is 1. The van der Waals surface area contributed by atoms with Gasteiger partial charge in [-0.05, 0) is 31.2 Å². The molecule has 2 aromatic rings. The topological polar surface area (TPSA) is 46.6 Å². The van der Waals surface area contributed by atoms with E-state index in [0.29, 0.717) is 5.69 Å². The molecule has 0 bridgehead atoms. The van der Waals surface area contributed by atoms with Gasteiger partial charge in [-0.2, -0.15) is 8.42 Å². The number of benzene rings is 2. The van der Waals surface area contributed by atoms with Gasteiger partial charge in [-0.3, -0.25) is 4.84 Å². The van der Waals surface area contributed by atoms with Crippen molar-refractivity contribution in [2.45, 2.75) is 11.8 Å². The van der Waals surface area contributed by atoms with Crippen molar-refractivity contribution in [1.29, 1.82) is 0 Å². The average Bonchev–Trinajstić information content (AvgIpc) is 2.46. The van der Waals surface area contributed by atoms with Crippen LogP contribution in [0.25, 0.3) is 0 Å². The highest BCUT2D eigenvalue weighted by Crippen LogP contribution is 2.23. The molecule has 0 atom stereocenters. The molecule has 0 aliphatic rings. The van der Waals surface area contributed by atoms with Gasteiger partial charge in [0, 0.05) is 0 Å². The zero-order valence-corrected chi connectivity index (χ0v) is 11.4. The molecule has 0 spiro atoms. The molecular weight excluding hydrogens is 262 g/mol. The zero-order chi connectivity index (χ0) is 13.7. The number of para-hydroxylation sites is 1. The lowest BCUT2D eigenvalue weighted by molar-refractivity contribution is 0.163. The van der Waals surface area contributed by atoms with E-state index < -0.39 is 10.0 Å². The first-order valence-corrected chi connectivity index (χ1v) is 7.38. The largest absolute Gasteiger partial charge is 0.286 e. The molecule has 19 heavy (non-hydrogen) atoms. The van der Waals surface area contributed by atoms with Crippen LogP contribution >= 0.6 is 0 Å². The van der Waals surface area contributed by atoms with Gasteiger partial charge in [0.05, 0.1) is 17.2 Å². The summed E-state index contributed by atoms with van der Waals surface area (Å²) in [6.45, 7) is 2.01. The second-order valence-electron chi connectivity index (χ2n) is 3.80. The minimum Gasteiger partial charge on any atom is -0.259 e. The highest BCUT2D eigenvalue weighted by molar-refractivity contribution is 7.92. The lowest BCUT2D eigenvalue weighted by Gasteiger charge is -2.22. The van der Waals surface area contributed by atoms with Crippen LogP contribution < -0.4 is 4.47 Å². The first-order valence-electron chi connectivity index (χ1n) is 5.94. The van der Waals surface area contributed by atoms with Crippen molar-refractivity contribution in [2.24, 2.45) is 0 Å². The van der Waals surface area contributed by atoms with Crippen LogP contribution in [0.1, 0.15) is 6.92 Å². The van der Waals surface area contributed by atoms with E-state index >= 15 is 0 Å². The van der Waals surface area contributed by atoms with E-state index in [9.17, 15) is 8.42 Å². The van der Waals surface area contributed by atoms with Crippen LogP contribution in [0.2, 0.25) is 0 Å². The van der Waals surface area contributed by atoms with Gasteiger partial charge in [0.25, 0.3) is 10.0 Å². The van der Waals surface area contributed by atoms with E-state index in [4.69, 9.17) is 4.84 Å². The lowest BCUT2D eigenvalue weighted by Crippen LogP contribution is -2.31. The zero-order valence-electron chi connectivity index (χ0n) is 10.6. The monoisotopic (exact) mass is 277 g/mol. The summed E-state index contributed by atoms with van der Waals surface area (Å²) < 4.78 is 26.0. The quantitative estimate of drug-likeness (QED) is 0.789. The van der Waals surface area contributed by atoms with Crippen LogP contribution in [-0.2, 0) is 14.9 Å². The molecular formula is C14H15NO3S. The molecule has 0 N–H and O–H groups in total. The van der Waals surface area contributed by atoms with Gasteiger partial charge < -0.3 is 0 Å².